The number of hydrogen-bond acceptors (Lipinski definition) is 5. The van der Waals surface area contributed by atoms with Crippen LogP contribution in [0.1, 0.15) is 33.2 Å². The lowest BCUT2D eigenvalue weighted by Gasteiger charge is -2.15. The number of nitrogens with zero attached hydrogens (tertiary/aromatic N) is 5. The third-order valence-corrected chi connectivity index (χ3v) is 5.40. The van der Waals surface area contributed by atoms with Gasteiger partial charge in [-0.15, -0.1) is 0 Å². The molecule has 0 aliphatic carbocycles. The average molecular weight is 480 g/mol. The fraction of sp³-hybridized carbons (Fsp3) is 0.217. The topological polar surface area (TPSA) is 77.0 Å². The zero-order chi connectivity index (χ0) is 22.0. The van der Waals surface area contributed by atoms with E-state index < -0.39 is 0 Å². The molecular weight excluding hydrogens is 458 g/mol. The van der Waals surface area contributed by atoms with Crippen molar-refractivity contribution in [1.82, 2.24) is 24.8 Å². The van der Waals surface area contributed by atoms with Crippen LogP contribution in [0.4, 0.5) is 0 Å². The van der Waals surface area contributed by atoms with Gasteiger partial charge in [0.05, 0.1) is 18.8 Å². The number of rotatable bonds is 6. The van der Waals surface area contributed by atoms with Gasteiger partial charge in [0, 0.05) is 28.3 Å². The summed E-state index contributed by atoms with van der Waals surface area (Å²) in [6.07, 6.45) is 0. The Morgan fingerprint density at radius 1 is 1.13 bits per heavy atom. The largest absolute Gasteiger partial charge is 0.337 e. The Morgan fingerprint density at radius 2 is 1.90 bits per heavy atom. The maximum atomic E-state index is 12.8. The minimum Gasteiger partial charge on any atom is -0.337 e. The van der Waals surface area contributed by atoms with Crippen molar-refractivity contribution in [2.24, 2.45) is 0 Å². The molecule has 158 valence electrons. The van der Waals surface area contributed by atoms with E-state index in [4.69, 9.17) is 4.52 Å². The van der Waals surface area contributed by atoms with Crippen LogP contribution in [0, 0.1) is 13.8 Å². The van der Waals surface area contributed by atoms with E-state index in [2.05, 4.69) is 31.2 Å². The molecule has 0 bridgehead atoms. The van der Waals surface area contributed by atoms with Gasteiger partial charge in [0.15, 0.2) is 0 Å². The number of aryl methyl sites for hydroxylation is 2. The molecule has 4 rings (SSSR count). The van der Waals surface area contributed by atoms with Crippen LogP contribution in [0.3, 0.4) is 0 Å². The molecular formula is C23H22BrN5O2. The van der Waals surface area contributed by atoms with Gasteiger partial charge in [-0.1, -0.05) is 45.4 Å². The molecule has 0 atom stereocenters. The van der Waals surface area contributed by atoms with E-state index in [0.717, 1.165) is 27.0 Å². The summed E-state index contributed by atoms with van der Waals surface area (Å²) in [5.74, 6) is 0.762. The summed E-state index contributed by atoms with van der Waals surface area (Å²) in [4.78, 5) is 18.8. The van der Waals surface area contributed by atoms with Gasteiger partial charge in [0.25, 0.3) is 5.91 Å². The van der Waals surface area contributed by atoms with Gasteiger partial charge in [-0.05, 0) is 49.7 Å². The first-order valence-corrected chi connectivity index (χ1v) is 10.6. The number of benzene rings is 2. The molecule has 31 heavy (non-hydrogen) atoms. The third kappa shape index (κ3) is 4.91. The summed E-state index contributed by atoms with van der Waals surface area (Å²) in [6, 6.07) is 17.3. The third-order valence-electron chi connectivity index (χ3n) is 4.91. The molecule has 2 heterocycles. The van der Waals surface area contributed by atoms with Gasteiger partial charge >= 0.3 is 0 Å². The SMILES string of the molecule is Cc1cc(C)n(Cc2ccc(C(=O)N(C)Cc3nc(-c4cccc(Br)c4)no3)cc2)n1. The lowest BCUT2D eigenvalue weighted by atomic mass is 10.1. The van der Waals surface area contributed by atoms with Gasteiger partial charge < -0.3 is 9.42 Å². The Kier molecular flexibility index (Phi) is 5.99. The van der Waals surface area contributed by atoms with E-state index in [0.29, 0.717) is 23.8 Å². The van der Waals surface area contributed by atoms with Crippen molar-refractivity contribution in [2.45, 2.75) is 26.9 Å². The second kappa shape index (κ2) is 8.85. The van der Waals surface area contributed by atoms with Crippen LogP contribution in [0.2, 0.25) is 0 Å². The van der Waals surface area contributed by atoms with E-state index in [-0.39, 0.29) is 12.5 Å². The number of aromatic nitrogens is 4. The van der Waals surface area contributed by atoms with Crippen LogP contribution >= 0.6 is 15.9 Å². The summed E-state index contributed by atoms with van der Waals surface area (Å²) < 4.78 is 8.22. The highest BCUT2D eigenvalue weighted by molar-refractivity contribution is 9.10. The quantitative estimate of drug-likeness (QED) is 0.402. The minimum absolute atomic E-state index is 0.111. The van der Waals surface area contributed by atoms with Crippen molar-refractivity contribution in [3.05, 3.63) is 87.5 Å². The molecule has 1 amide bonds. The highest BCUT2D eigenvalue weighted by atomic mass is 79.9. The molecule has 0 spiro atoms. The van der Waals surface area contributed by atoms with Gasteiger partial charge in [0.1, 0.15) is 0 Å². The maximum absolute atomic E-state index is 12.8. The van der Waals surface area contributed by atoms with E-state index in [1.165, 1.54) is 0 Å². The molecule has 0 saturated heterocycles. The van der Waals surface area contributed by atoms with Crippen molar-refractivity contribution >= 4 is 21.8 Å². The highest BCUT2D eigenvalue weighted by Gasteiger charge is 2.16. The Labute approximate surface area is 188 Å². The van der Waals surface area contributed by atoms with Crippen LogP contribution in [-0.2, 0) is 13.1 Å². The van der Waals surface area contributed by atoms with Crippen LogP contribution in [0.5, 0.6) is 0 Å². The van der Waals surface area contributed by atoms with Crippen LogP contribution in [0.25, 0.3) is 11.4 Å². The molecule has 0 radical (unpaired) electrons. The molecule has 0 fully saturated rings. The normalized spacial score (nSPS) is 11.0. The predicted molar refractivity (Wildman–Crippen MR) is 120 cm³/mol. The molecule has 0 unspecified atom stereocenters. The van der Waals surface area contributed by atoms with E-state index >= 15 is 0 Å². The lowest BCUT2D eigenvalue weighted by Crippen LogP contribution is -2.26. The number of hydrogen-bond donors (Lipinski definition) is 0. The molecule has 4 aromatic rings. The summed E-state index contributed by atoms with van der Waals surface area (Å²) in [5, 5.41) is 8.50. The maximum Gasteiger partial charge on any atom is 0.254 e. The van der Waals surface area contributed by atoms with Gasteiger partial charge in [-0.3, -0.25) is 9.48 Å². The number of amides is 1. The molecule has 0 saturated carbocycles. The molecule has 0 aliphatic heterocycles. The number of halogens is 1. The summed E-state index contributed by atoms with van der Waals surface area (Å²) in [6.45, 7) is 4.91. The van der Waals surface area contributed by atoms with Crippen molar-refractivity contribution in [3.63, 3.8) is 0 Å². The lowest BCUT2D eigenvalue weighted by molar-refractivity contribution is 0.0769. The van der Waals surface area contributed by atoms with Crippen LogP contribution in [-0.4, -0.2) is 37.8 Å². The van der Waals surface area contributed by atoms with Crippen molar-refractivity contribution in [2.75, 3.05) is 7.05 Å². The van der Waals surface area contributed by atoms with Crippen molar-refractivity contribution < 1.29 is 9.32 Å². The Hall–Kier alpha value is -3.26. The highest BCUT2D eigenvalue weighted by Crippen LogP contribution is 2.21. The smallest absolute Gasteiger partial charge is 0.254 e. The summed E-state index contributed by atoms with van der Waals surface area (Å²) in [7, 11) is 1.72. The molecule has 2 aromatic heterocycles. The predicted octanol–water partition coefficient (Wildman–Crippen LogP) is 4.63. The van der Waals surface area contributed by atoms with Gasteiger partial charge in [-0.25, -0.2) is 0 Å². The zero-order valence-corrected chi connectivity index (χ0v) is 19.1. The van der Waals surface area contributed by atoms with Crippen molar-refractivity contribution in [3.8, 4) is 11.4 Å². The molecule has 0 aliphatic rings. The summed E-state index contributed by atoms with van der Waals surface area (Å²) >= 11 is 3.44. The molecule has 2 aromatic carbocycles. The fourth-order valence-corrected chi connectivity index (χ4v) is 3.72. The van der Waals surface area contributed by atoms with E-state index in [9.17, 15) is 4.79 Å². The molecule has 8 heteroatoms. The second-order valence-electron chi connectivity index (χ2n) is 7.46. The first-order valence-electron chi connectivity index (χ1n) is 9.83. The number of carbonyl (C=O) groups excluding carboxylic acids is 1. The van der Waals surface area contributed by atoms with Gasteiger partial charge in [0.2, 0.25) is 11.7 Å². The Bertz CT molecular complexity index is 1210. The van der Waals surface area contributed by atoms with Gasteiger partial charge in [-0.2, -0.15) is 10.1 Å². The fourth-order valence-electron chi connectivity index (χ4n) is 3.32. The molecule has 7 nitrogen and oxygen atoms in total. The Morgan fingerprint density at radius 3 is 2.58 bits per heavy atom. The van der Waals surface area contributed by atoms with E-state index in [1.54, 1.807) is 11.9 Å². The second-order valence-corrected chi connectivity index (χ2v) is 8.38. The van der Waals surface area contributed by atoms with Crippen LogP contribution < -0.4 is 0 Å². The average Bonchev–Trinajstić information content (AvgIpc) is 3.34. The monoisotopic (exact) mass is 479 g/mol. The minimum atomic E-state index is -0.111. The van der Waals surface area contributed by atoms with E-state index in [1.807, 2.05) is 73.1 Å². The number of carbonyl (C=O) groups is 1. The Balaban J connectivity index is 1.41. The zero-order valence-electron chi connectivity index (χ0n) is 17.5. The van der Waals surface area contributed by atoms with Crippen molar-refractivity contribution in [1.29, 1.82) is 0 Å². The first-order chi connectivity index (χ1) is 14.9. The molecule has 0 N–H and O–H groups in total. The first kappa shape index (κ1) is 21.0. The summed E-state index contributed by atoms with van der Waals surface area (Å²) in [5.41, 5.74) is 4.64. The standard InChI is InChI=1S/C23H22BrN5O2/c1-15-11-16(2)29(26-15)13-17-7-9-18(10-8-17)23(30)28(3)14-21-25-22(27-31-21)19-5-4-6-20(24)12-19/h4-12H,13-14H2,1-3H3. The van der Waals surface area contributed by atoms with Crippen LogP contribution in [0.15, 0.2) is 63.6 Å².